The number of quaternary nitrogens is 1. The number of unbranched alkanes of at least 4 members (excludes halogenated alkanes) is 17. The van der Waals surface area contributed by atoms with Gasteiger partial charge in [0, 0.05) is 6.42 Å². The Morgan fingerprint density at radius 1 is 0.750 bits per heavy atom. The Morgan fingerprint density at radius 2 is 1.23 bits per heavy atom. The van der Waals surface area contributed by atoms with E-state index in [1.165, 1.54) is 83.5 Å². The minimum absolute atomic E-state index is 0.0737. The third kappa shape index (κ3) is 29.9. The van der Waals surface area contributed by atoms with Crippen LogP contribution in [0, 0.1) is 0 Å². The van der Waals surface area contributed by atoms with E-state index < -0.39 is 20.0 Å². The Hall–Kier alpha value is -0.760. The van der Waals surface area contributed by atoms with Gasteiger partial charge in [0.25, 0.3) is 0 Å². The molecule has 262 valence electrons. The molecule has 0 spiro atoms. The summed E-state index contributed by atoms with van der Waals surface area (Å²) < 4.78 is 23.3. The second kappa shape index (κ2) is 28.5. The summed E-state index contributed by atoms with van der Waals surface area (Å²) in [5.74, 6) is -0.159. The molecule has 0 aliphatic rings. The molecule has 0 saturated carbocycles. The van der Waals surface area contributed by atoms with Gasteiger partial charge < -0.3 is 19.8 Å². The van der Waals surface area contributed by atoms with Crippen molar-refractivity contribution in [1.29, 1.82) is 0 Å². The minimum atomic E-state index is -4.28. The smallest absolute Gasteiger partial charge is 0.391 e. The van der Waals surface area contributed by atoms with Gasteiger partial charge in [-0.3, -0.25) is 13.8 Å². The van der Waals surface area contributed by atoms with E-state index in [4.69, 9.17) is 9.05 Å². The lowest BCUT2D eigenvalue weighted by molar-refractivity contribution is -0.870. The molecule has 0 saturated heterocycles. The number of hydrogen-bond donors (Lipinski definition) is 3. The number of nitrogens with zero attached hydrogens (tertiary/aromatic N) is 1. The molecule has 0 aliphatic heterocycles. The first-order valence-electron chi connectivity index (χ1n) is 18.1. The van der Waals surface area contributed by atoms with Crippen LogP contribution in [0.25, 0.3) is 0 Å². The normalized spacial score (nSPS) is 15.0. The van der Waals surface area contributed by atoms with Gasteiger partial charge >= 0.3 is 7.82 Å². The van der Waals surface area contributed by atoms with E-state index >= 15 is 0 Å². The molecule has 0 aromatic heterocycles. The molecule has 0 heterocycles. The van der Waals surface area contributed by atoms with Gasteiger partial charge in [0.05, 0.1) is 39.9 Å². The quantitative estimate of drug-likeness (QED) is 0.0292. The van der Waals surface area contributed by atoms with Gasteiger partial charge in [-0.15, -0.1) is 0 Å². The van der Waals surface area contributed by atoms with E-state index in [9.17, 15) is 19.4 Å². The molecule has 0 radical (unpaired) electrons. The van der Waals surface area contributed by atoms with Gasteiger partial charge in [-0.25, -0.2) is 4.57 Å². The molecule has 8 nitrogen and oxygen atoms in total. The van der Waals surface area contributed by atoms with E-state index in [2.05, 4.69) is 31.3 Å². The Morgan fingerprint density at radius 3 is 1.75 bits per heavy atom. The maximum absolute atomic E-state index is 12.7. The van der Waals surface area contributed by atoms with Crippen LogP contribution >= 0.6 is 7.82 Å². The molecular formula is C35H72N2O6P+. The number of amides is 1. The van der Waals surface area contributed by atoms with Crippen molar-refractivity contribution in [3.05, 3.63) is 12.2 Å². The topological polar surface area (TPSA) is 105 Å². The lowest BCUT2D eigenvalue weighted by Gasteiger charge is -2.26. The van der Waals surface area contributed by atoms with Crippen molar-refractivity contribution in [3.8, 4) is 0 Å². The second-order valence-corrected chi connectivity index (χ2v) is 15.1. The van der Waals surface area contributed by atoms with E-state index in [1.54, 1.807) is 0 Å². The van der Waals surface area contributed by atoms with Crippen LogP contribution in [0.4, 0.5) is 0 Å². The molecule has 1 amide bonds. The van der Waals surface area contributed by atoms with Gasteiger partial charge in [-0.1, -0.05) is 122 Å². The van der Waals surface area contributed by atoms with Crippen LogP contribution in [0.15, 0.2) is 12.2 Å². The summed E-state index contributed by atoms with van der Waals surface area (Å²) in [4.78, 5) is 22.8. The predicted octanol–water partition coefficient (Wildman–Crippen LogP) is 8.85. The molecule has 3 atom stereocenters. The Labute approximate surface area is 272 Å². The summed E-state index contributed by atoms with van der Waals surface area (Å²) >= 11 is 0. The number of rotatable bonds is 32. The molecule has 44 heavy (non-hydrogen) atoms. The lowest BCUT2D eigenvalue weighted by atomic mass is 10.0. The number of hydrogen-bond acceptors (Lipinski definition) is 5. The molecule has 0 rings (SSSR count). The summed E-state index contributed by atoms with van der Waals surface area (Å²) in [5.41, 5.74) is 0. The fraction of sp³-hybridized carbons (Fsp3) is 0.914. The summed E-state index contributed by atoms with van der Waals surface area (Å²) in [6.45, 7) is 4.74. The van der Waals surface area contributed by atoms with Gasteiger partial charge in [-0.05, 0) is 38.5 Å². The minimum Gasteiger partial charge on any atom is -0.391 e. The zero-order valence-electron chi connectivity index (χ0n) is 29.4. The van der Waals surface area contributed by atoms with Gasteiger partial charge in [0.15, 0.2) is 0 Å². The second-order valence-electron chi connectivity index (χ2n) is 13.6. The molecule has 0 aromatic carbocycles. The first kappa shape index (κ1) is 43.2. The first-order chi connectivity index (χ1) is 21.0. The van der Waals surface area contributed by atoms with Crippen LogP contribution < -0.4 is 5.32 Å². The van der Waals surface area contributed by atoms with Gasteiger partial charge in [-0.2, -0.15) is 0 Å². The van der Waals surface area contributed by atoms with Crippen molar-refractivity contribution >= 4 is 13.7 Å². The van der Waals surface area contributed by atoms with E-state index in [-0.39, 0.29) is 19.1 Å². The SMILES string of the molecule is CCCCCCCCC/C=C\CCCCCCCCCC(=O)NC(COP(=O)(O)OCC[N+](C)(C)C)C(O)CCCCCC. The molecule has 0 aliphatic carbocycles. The molecular weight excluding hydrogens is 575 g/mol. The number of carbonyl (C=O) groups excluding carboxylic acids is 1. The van der Waals surface area contributed by atoms with Crippen molar-refractivity contribution in [2.24, 2.45) is 0 Å². The molecule has 3 unspecified atom stereocenters. The van der Waals surface area contributed by atoms with Crippen molar-refractivity contribution in [3.63, 3.8) is 0 Å². The van der Waals surface area contributed by atoms with Gasteiger partial charge in [0.1, 0.15) is 13.2 Å². The van der Waals surface area contributed by atoms with E-state index in [0.29, 0.717) is 23.9 Å². The fourth-order valence-electron chi connectivity index (χ4n) is 5.04. The van der Waals surface area contributed by atoms with E-state index in [1.807, 2.05) is 21.1 Å². The maximum Gasteiger partial charge on any atom is 0.472 e. The molecule has 0 bridgehead atoms. The number of aliphatic hydroxyl groups is 1. The number of phosphoric acid groups is 1. The zero-order chi connectivity index (χ0) is 32.9. The number of aliphatic hydroxyl groups excluding tert-OH is 1. The highest BCUT2D eigenvalue weighted by Crippen LogP contribution is 2.43. The molecule has 9 heteroatoms. The van der Waals surface area contributed by atoms with Crippen LogP contribution in [0.2, 0.25) is 0 Å². The highest BCUT2D eigenvalue weighted by Gasteiger charge is 2.28. The summed E-state index contributed by atoms with van der Waals surface area (Å²) in [7, 11) is 1.61. The highest BCUT2D eigenvalue weighted by atomic mass is 31.2. The van der Waals surface area contributed by atoms with E-state index in [0.717, 1.165) is 44.9 Å². The number of phosphoric ester groups is 1. The Kier molecular flexibility index (Phi) is 28.0. The van der Waals surface area contributed by atoms with Crippen LogP contribution in [0.3, 0.4) is 0 Å². The standard InChI is InChI=1S/C35H71N2O6P/c1-6-8-10-12-13-14-15-16-17-18-19-20-21-22-23-24-25-27-29-35(39)36-33(34(38)28-26-11-9-7-2)32-43-44(40,41)42-31-30-37(3,4)5/h17-18,33-34,38H,6-16,19-32H2,1-5H3,(H-,36,39,40,41)/p+1/b18-17-. The fourth-order valence-corrected chi connectivity index (χ4v) is 5.77. The Bertz CT molecular complexity index is 743. The monoisotopic (exact) mass is 648 g/mol. The first-order valence-corrected chi connectivity index (χ1v) is 19.5. The van der Waals surface area contributed by atoms with Crippen molar-refractivity contribution in [2.75, 3.05) is 40.9 Å². The predicted molar refractivity (Wildman–Crippen MR) is 185 cm³/mol. The number of carbonyl (C=O) groups is 1. The third-order valence-corrected chi connectivity index (χ3v) is 9.00. The number of allylic oxidation sites excluding steroid dienone is 2. The van der Waals surface area contributed by atoms with Crippen molar-refractivity contribution in [1.82, 2.24) is 5.32 Å². The molecule has 3 N–H and O–H groups in total. The van der Waals surface area contributed by atoms with Crippen LogP contribution in [-0.2, 0) is 18.4 Å². The van der Waals surface area contributed by atoms with Crippen LogP contribution in [-0.4, -0.2) is 73.4 Å². The lowest BCUT2D eigenvalue weighted by Crippen LogP contribution is -2.46. The maximum atomic E-state index is 12.7. The average Bonchev–Trinajstić information content (AvgIpc) is 2.96. The Balaban J connectivity index is 4.17. The molecule has 0 aromatic rings. The summed E-state index contributed by atoms with van der Waals surface area (Å²) in [6.07, 6.45) is 28.6. The zero-order valence-corrected chi connectivity index (χ0v) is 30.3. The third-order valence-electron chi connectivity index (χ3n) is 8.01. The number of nitrogens with one attached hydrogen (secondary N) is 1. The average molecular weight is 648 g/mol. The highest BCUT2D eigenvalue weighted by molar-refractivity contribution is 7.47. The van der Waals surface area contributed by atoms with Crippen molar-refractivity contribution in [2.45, 2.75) is 167 Å². The summed E-state index contributed by atoms with van der Waals surface area (Å²) in [5, 5.41) is 13.6. The molecule has 0 fully saturated rings. The largest absolute Gasteiger partial charge is 0.472 e. The van der Waals surface area contributed by atoms with Crippen molar-refractivity contribution < 1.29 is 32.9 Å². The number of likely N-dealkylation sites (N-methyl/N-ethyl adjacent to an activating group) is 1. The van der Waals surface area contributed by atoms with Crippen LogP contribution in [0.5, 0.6) is 0 Å². The van der Waals surface area contributed by atoms with Gasteiger partial charge in [0.2, 0.25) is 5.91 Å². The summed E-state index contributed by atoms with van der Waals surface area (Å²) in [6, 6.07) is -0.754. The van der Waals surface area contributed by atoms with Crippen LogP contribution in [0.1, 0.15) is 155 Å².